The van der Waals surface area contributed by atoms with E-state index in [1.165, 1.54) is 12.1 Å². The minimum atomic E-state index is -0.306. The van der Waals surface area contributed by atoms with Gasteiger partial charge in [0.2, 0.25) is 5.91 Å². The van der Waals surface area contributed by atoms with E-state index >= 15 is 0 Å². The lowest BCUT2D eigenvalue weighted by molar-refractivity contribution is -0.119. The highest BCUT2D eigenvalue weighted by Gasteiger charge is 2.21. The Morgan fingerprint density at radius 1 is 1.44 bits per heavy atom. The number of likely N-dealkylation sites (tertiary alicyclic amines) is 1. The van der Waals surface area contributed by atoms with E-state index in [2.05, 4.69) is 0 Å². The van der Waals surface area contributed by atoms with Crippen molar-refractivity contribution in [3.8, 4) is 5.75 Å². The average Bonchev–Trinajstić information content (AvgIpc) is 2.31. The lowest BCUT2D eigenvalue weighted by Gasteiger charge is -2.31. The molecule has 2 N–H and O–H groups in total. The quantitative estimate of drug-likeness (QED) is 0.874. The predicted molar refractivity (Wildman–Crippen MR) is 65.7 cm³/mol. The summed E-state index contributed by atoms with van der Waals surface area (Å²) in [5.41, 5.74) is 5.14. The van der Waals surface area contributed by atoms with Crippen LogP contribution in [0.1, 0.15) is 12.8 Å². The van der Waals surface area contributed by atoms with Gasteiger partial charge >= 0.3 is 0 Å². The van der Waals surface area contributed by atoms with Gasteiger partial charge < -0.3 is 10.5 Å². The highest BCUT2D eigenvalue weighted by molar-refractivity contribution is 5.75. The van der Waals surface area contributed by atoms with Crippen LogP contribution in [0.4, 0.5) is 4.39 Å². The summed E-state index contributed by atoms with van der Waals surface area (Å²) in [5, 5.41) is 0. The highest BCUT2D eigenvalue weighted by Crippen LogP contribution is 2.19. The normalized spacial score (nSPS) is 17.6. The van der Waals surface area contributed by atoms with Gasteiger partial charge in [-0.1, -0.05) is 6.07 Å². The summed E-state index contributed by atoms with van der Waals surface area (Å²) in [4.78, 5) is 12.8. The number of primary amides is 1. The van der Waals surface area contributed by atoms with Crippen LogP contribution in [0, 0.1) is 5.82 Å². The van der Waals surface area contributed by atoms with Crippen LogP contribution in [0.2, 0.25) is 0 Å². The average molecular weight is 252 g/mol. The maximum atomic E-state index is 13.0. The molecule has 4 nitrogen and oxygen atoms in total. The first-order valence-corrected chi connectivity index (χ1v) is 6.06. The van der Waals surface area contributed by atoms with Gasteiger partial charge in [-0.3, -0.25) is 9.69 Å². The Morgan fingerprint density at radius 2 is 2.17 bits per heavy atom. The number of amides is 1. The number of nitrogens with two attached hydrogens (primary N) is 1. The van der Waals surface area contributed by atoms with Crippen LogP contribution < -0.4 is 10.5 Å². The fourth-order valence-corrected chi connectivity index (χ4v) is 2.14. The summed E-state index contributed by atoms with van der Waals surface area (Å²) < 4.78 is 18.7. The van der Waals surface area contributed by atoms with Crippen LogP contribution in [0.3, 0.4) is 0 Å². The number of ether oxygens (including phenoxy) is 1. The zero-order chi connectivity index (χ0) is 13.0. The Bertz CT molecular complexity index is 417. The Morgan fingerprint density at radius 3 is 2.78 bits per heavy atom. The molecule has 5 heteroatoms. The molecule has 1 saturated heterocycles. The van der Waals surface area contributed by atoms with E-state index in [4.69, 9.17) is 10.5 Å². The lowest BCUT2D eigenvalue weighted by Crippen LogP contribution is -2.42. The summed E-state index contributed by atoms with van der Waals surface area (Å²) in [6.07, 6.45) is 1.73. The molecule has 0 saturated carbocycles. The molecule has 0 atom stereocenters. The molecular formula is C13H17FN2O2. The van der Waals surface area contributed by atoms with Gasteiger partial charge in [-0.2, -0.15) is 0 Å². The summed E-state index contributed by atoms with van der Waals surface area (Å²) in [5.74, 6) is -0.0403. The molecule has 2 rings (SSSR count). The van der Waals surface area contributed by atoms with E-state index in [9.17, 15) is 9.18 Å². The van der Waals surface area contributed by atoms with Crippen molar-refractivity contribution in [3.05, 3.63) is 30.1 Å². The molecule has 0 spiro atoms. The van der Waals surface area contributed by atoms with Crippen molar-refractivity contribution < 1.29 is 13.9 Å². The van der Waals surface area contributed by atoms with Crippen LogP contribution in [0.25, 0.3) is 0 Å². The van der Waals surface area contributed by atoms with Crippen LogP contribution in [0.15, 0.2) is 24.3 Å². The number of hydrogen-bond donors (Lipinski definition) is 1. The number of carbonyl (C=O) groups is 1. The van der Waals surface area contributed by atoms with Crippen molar-refractivity contribution in [1.82, 2.24) is 4.90 Å². The number of halogens is 1. The SMILES string of the molecule is NC(=O)CN1CCC(Oc2cccc(F)c2)CC1. The van der Waals surface area contributed by atoms with Gasteiger partial charge in [-0.05, 0) is 25.0 Å². The van der Waals surface area contributed by atoms with E-state index in [0.717, 1.165) is 25.9 Å². The van der Waals surface area contributed by atoms with Gasteiger partial charge in [-0.25, -0.2) is 4.39 Å². The molecule has 0 aliphatic carbocycles. The monoisotopic (exact) mass is 252 g/mol. The number of rotatable bonds is 4. The van der Waals surface area contributed by atoms with Gasteiger partial charge in [0.05, 0.1) is 6.54 Å². The highest BCUT2D eigenvalue weighted by atomic mass is 19.1. The third-order valence-electron chi connectivity index (χ3n) is 3.01. The number of benzene rings is 1. The maximum absolute atomic E-state index is 13.0. The van der Waals surface area contributed by atoms with E-state index < -0.39 is 0 Å². The van der Waals surface area contributed by atoms with Crippen LogP contribution >= 0.6 is 0 Å². The second-order valence-corrected chi connectivity index (χ2v) is 4.52. The lowest BCUT2D eigenvalue weighted by atomic mass is 10.1. The van der Waals surface area contributed by atoms with Crippen LogP contribution in [0.5, 0.6) is 5.75 Å². The minimum absolute atomic E-state index is 0.0796. The zero-order valence-electron chi connectivity index (χ0n) is 10.1. The van der Waals surface area contributed by atoms with E-state index in [-0.39, 0.29) is 17.8 Å². The van der Waals surface area contributed by atoms with Gasteiger partial charge in [0, 0.05) is 19.2 Å². The third kappa shape index (κ3) is 3.70. The van der Waals surface area contributed by atoms with Crippen LogP contribution in [-0.2, 0) is 4.79 Å². The molecule has 1 aromatic rings. The number of carbonyl (C=O) groups excluding carboxylic acids is 1. The Labute approximate surface area is 106 Å². The topological polar surface area (TPSA) is 55.6 Å². The molecular weight excluding hydrogens is 235 g/mol. The Hall–Kier alpha value is -1.62. The van der Waals surface area contributed by atoms with Crippen molar-refractivity contribution in [3.63, 3.8) is 0 Å². The molecule has 1 heterocycles. The first-order valence-electron chi connectivity index (χ1n) is 6.06. The first kappa shape index (κ1) is 12.8. The van der Waals surface area contributed by atoms with Gasteiger partial charge in [-0.15, -0.1) is 0 Å². The molecule has 0 radical (unpaired) electrons. The Balaban J connectivity index is 1.81. The molecule has 0 bridgehead atoms. The van der Waals surface area contributed by atoms with Crippen molar-refractivity contribution in [2.45, 2.75) is 18.9 Å². The third-order valence-corrected chi connectivity index (χ3v) is 3.01. The summed E-state index contributed by atoms with van der Waals surface area (Å²) in [6, 6.07) is 6.16. The zero-order valence-corrected chi connectivity index (χ0v) is 10.1. The minimum Gasteiger partial charge on any atom is -0.490 e. The van der Waals surface area contributed by atoms with Gasteiger partial charge in [0.1, 0.15) is 17.7 Å². The van der Waals surface area contributed by atoms with Gasteiger partial charge in [0.25, 0.3) is 0 Å². The first-order chi connectivity index (χ1) is 8.63. The maximum Gasteiger partial charge on any atom is 0.231 e. The second kappa shape index (κ2) is 5.82. The number of hydrogen-bond acceptors (Lipinski definition) is 3. The molecule has 1 amide bonds. The van der Waals surface area contributed by atoms with Crippen molar-refractivity contribution in [1.29, 1.82) is 0 Å². The molecule has 1 aliphatic heterocycles. The van der Waals surface area contributed by atoms with Crippen molar-refractivity contribution in [2.24, 2.45) is 5.73 Å². The molecule has 1 aliphatic rings. The number of nitrogens with zero attached hydrogens (tertiary/aromatic N) is 1. The number of piperidine rings is 1. The molecule has 1 fully saturated rings. The fourth-order valence-electron chi connectivity index (χ4n) is 2.14. The fraction of sp³-hybridized carbons (Fsp3) is 0.462. The van der Waals surface area contributed by atoms with Gasteiger partial charge in [0.15, 0.2) is 0 Å². The molecule has 0 aromatic heterocycles. The Kier molecular flexibility index (Phi) is 4.15. The summed E-state index contributed by atoms with van der Waals surface area (Å²) in [6.45, 7) is 1.86. The van der Waals surface area contributed by atoms with Crippen LogP contribution in [-0.4, -0.2) is 36.5 Å². The molecule has 1 aromatic carbocycles. The predicted octanol–water partition coefficient (Wildman–Crippen LogP) is 1.15. The molecule has 0 unspecified atom stereocenters. The standard InChI is InChI=1S/C13H17FN2O2/c14-10-2-1-3-12(8-10)18-11-4-6-16(7-5-11)9-13(15)17/h1-3,8,11H,4-7,9H2,(H2,15,17). The van der Waals surface area contributed by atoms with E-state index in [1.807, 2.05) is 4.90 Å². The molecule has 18 heavy (non-hydrogen) atoms. The summed E-state index contributed by atoms with van der Waals surface area (Å²) in [7, 11) is 0. The molecule has 98 valence electrons. The largest absolute Gasteiger partial charge is 0.490 e. The second-order valence-electron chi connectivity index (χ2n) is 4.52. The smallest absolute Gasteiger partial charge is 0.231 e. The van der Waals surface area contributed by atoms with E-state index in [0.29, 0.717) is 12.3 Å². The summed E-state index contributed by atoms with van der Waals surface area (Å²) >= 11 is 0. The van der Waals surface area contributed by atoms with Crippen molar-refractivity contribution in [2.75, 3.05) is 19.6 Å². The van der Waals surface area contributed by atoms with E-state index in [1.54, 1.807) is 12.1 Å². The van der Waals surface area contributed by atoms with Crippen molar-refractivity contribution >= 4 is 5.91 Å².